The Morgan fingerprint density at radius 2 is 1.28 bits per heavy atom. The normalized spacial score (nSPS) is 18.9. The topological polar surface area (TPSA) is 160 Å². The first-order valence-electron chi connectivity index (χ1n) is 17.9. The number of anilines is 2. The lowest BCUT2D eigenvalue weighted by molar-refractivity contribution is -0.121. The Labute approximate surface area is 319 Å². The number of carbonyl (C=O) groups is 2. The highest BCUT2D eigenvalue weighted by Crippen LogP contribution is 2.36. The predicted molar refractivity (Wildman–Crippen MR) is 208 cm³/mol. The molecule has 0 atom stereocenters. The fourth-order valence-electron chi connectivity index (χ4n) is 6.31. The van der Waals surface area contributed by atoms with Crippen molar-refractivity contribution < 1.29 is 18.9 Å². The van der Waals surface area contributed by atoms with E-state index in [9.17, 15) is 9.59 Å². The van der Waals surface area contributed by atoms with E-state index >= 15 is 0 Å². The van der Waals surface area contributed by atoms with Crippen LogP contribution in [-0.4, -0.2) is 99.3 Å². The molecule has 14 nitrogen and oxygen atoms in total. The summed E-state index contributed by atoms with van der Waals surface area (Å²) in [5, 5.41) is 5.89. The monoisotopic (exact) mass is 748 g/mol. The standard InChI is InChI=1S/C16H15N5O.C14H18BNO2.C8H9ClN4O/c22-16-10-21(5-4-18-16)15-9-17-8-14(20-15)12-6-11-2-1-3-13(11)19-7-12;1-13(2)14(3,4)18-15(17-13)11-8-10-6-5-7-12(10)16-9-11;9-6-3-10-4-7(12-6)13-2-1-11-8(14)5-13/h1-2,6-9H,3-5,10H2,(H,18,22);5-6,8-9H,7H2,1-4H3;3-4H,1-2,5H2,(H,11,14). The molecule has 278 valence electrons. The Morgan fingerprint density at radius 1 is 0.722 bits per heavy atom. The van der Waals surface area contributed by atoms with Gasteiger partial charge in [0.05, 0.1) is 66.2 Å². The number of nitrogens with zero attached hydrogens (tertiary/aromatic N) is 8. The molecular formula is C38H42BClN10O4. The van der Waals surface area contributed by atoms with Crippen molar-refractivity contribution in [1.29, 1.82) is 0 Å². The Hall–Kier alpha value is -5.25. The van der Waals surface area contributed by atoms with Gasteiger partial charge in [0.1, 0.15) is 16.8 Å². The fourth-order valence-corrected chi connectivity index (χ4v) is 6.45. The zero-order valence-corrected chi connectivity index (χ0v) is 31.5. The second kappa shape index (κ2) is 15.6. The van der Waals surface area contributed by atoms with Crippen LogP contribution in [-0.2, 0) is 31.7 Å². The molecule has 0 bridgehead atoms. The van der Waals surface area contributed by atoms with Gasteiger partial charge in [-0.2, -0.15) is 0 Å². The van der Waals surface area contributed by atoms with Gasteiger partial charge in [-0.25, -0.2) is 9.97 Å². The first-order valence-corrected chi connectivity index (χ1v) is 18.3. The number of hydrogen-bond donors (Lipinski definition) is 2. The zero-order chi connectivity index (χ0) is 37.9. The van der Waals surface area contributed by atoms with Crippen molar-refractivity contribution in [1.82, 2.24) is 40.5 Å². The Morgan fingerprint density at radius 3 is 1.87 bits per heavy atom. The third-order valence-electron chi connectivity index (χ3n) is 10.0. The Kier molecular flexibility index (Phi) is 10.7. The zero-order valence-electron chi connectivity index (χ0n) is 30.8. The summed E-state index contributed by atoms with van der Waals surface area (Å²) in [6.45, 7) is 11.6. The molecular weight excluding hydrogens is 707 g/mol. The van der Waals surface area contributed by atoms with Gasteiger partial charge in [-0.05, 0) is 44.9 Å². The lowest BCUT2D eigenvalue weighted by Crippen LogP contribution is -2.48. The number of fused-ring (bicyclic) bond motifs is 2. The van der Waals surface area contributed by atoms with Crippen molar-refractivity contribution >= 4 is 59.8 Å². The number of pyridine rings is 2. The quantitative estimate of drug-likeness (QED) is 0.294. The summed E-state index contributed by atoms with van der Waals surface area (Å²) in [4.78, 5) is 52.3. The maximum Gasteiger partial charge on any atom is 0.496 e. The number of aromatic nitrogens is 6. The van der Waals surface area contributed by atoms with Crippen LogP contribution in [0.1, 0.15) is 50.2 Å². The number of carbonyl (C=O) groups excluding carboxylic acids is 2. The minimum atomic E-state index is -0.318. The van der Waals surface area contributed by atoms with E-state index in [1.54, 1.807) is 18.6 Å². The summed E-state index contributed by atoms with van der Waals surface area (Å²) in [5.41, 5.74) is 6.68. The summed E-state index contributed by atoms with van der Waals surface area (Å²) in [5.74, 6) is 1.39. The van der Waals surface area contributed by atoms with Gasteiger partial charge < -0.3 is 29.7 Å². The highest BCUT2D eigenvalue weighted by molar-refractivity contribution is 6.62. The summed E-state index contributed by atoms with van der Waals surface area (Å²) in [6, 6.07) is 4.20. The molecule has 3 fully saturated rings. The average molecular weight is 749 g/mol. The van der Waals surface area contributed by atoms with Gasteiger partial charge in [0.2, 0.25) is 11.8 Å². The number of piperazine rings is 2. The molecule has 0 spiro atoms. The van der Waals surface area contributed by atoms with Crippen LogP contribution in [0.25, 0.3) is 23.4 Å². The van der Waals surface area contributed by atoms with Crippen molar-refractivity contribution in [3.05, 3.63) is 89.1 Å². The van der Waals surface area contributed by atoms with Gasteiger partial charge in [0.25, 0.3) is 0 Å². The second-order valence-corrected chi connectivity index (χ2v) is 14.8. The van der Waals surface area contributed by atoms with Crippen molar-refractivity contribution in [3.63, 3.8) is 0 Å². The fraction of sp³-hybridized carbons (Fsp3) is 0.368. The second-order valence-electron chi connectivity index (χ2n) is 14.4. The number of hydrogen-bond acceptors (Lipinski definition) is 12. The molecule has 4 aromatic heterocycles. The van der Waals surface area contributed by atoms with Crippen molar-refractivity contribution in [2.75, 3.05) is 49.1 Å². The number of amides is 2. The van der Waals surface area contributed by atoms with Gasteiger partial charge >= 0.3 is 7.12 Å². The minimum Gasteiger partial charge on any atom is -0.399 e. The SMILES string of the molecule is CC1(C)OB(c2cnc3c(c2)C=CC3)OC1(C)C.O=C1CN(c2cncc(-c3cnc4c(c3)C=CC4)n2)CCN1.O=C1CN(c2cncc(Cl)n2)CCN1. The number of rotatable bonds is 4. The van der Waals surface area contributed by atoms with E-state index in [2.05, 4.69) is 105 Å². The van der Waals surface area contributed by atoms with E-state index in [4.69, 9.17) is 20.9 Å². The van der Waals surface area contributed by atoms with Crippen molar-refractivity contribution in [3.8, 4) is 11.3 Å². The van der Waals surface area contributed by atoms with E-state index in [0.717, 1.165) is 65.4 Å². The first-order chi connectivity index (χ1) is 25.9. The van der Waals surface area contributed by atoms with Gasteiger partial charge in [-0.3, -0.25) is 29.5 Å². The highest BCUT2D eigenvalue weighted by Gasteiger charge is 2.52. The summed E-state index contributed by atoms with van der Waals surface area (Å²) < 4.78 is 12.0. The lowest BCUT2D eigenvalue weighted by atomic mass is 9.79. The molecule has 0 unspecified atom stereocenters. The third-order valence-corrected chi connectivity index (χ3v) is 10.2. The number of nitrogens with one attached hydrogen (secondary N) is 2. The van der Waals surface area contributed by atoms with Crippen LogP contribution in [0.5, 0.6) is 0 Å². The van der Waals surface area contributed by atoms with Crippen LogP contribution >= 0.6 is 11.6 Å². The maximum absolute atomic E-state index is 11.5. The van der Waals surface area contributed by atoms with Crippen molar-refractivity contribution in [2.24, 2.45) is 0 Å². The molecule has 0 radical (unpaired) electrons. The molecule has 2 amide bonds. The Bertz CT molecular complexity index is 2100. The van der Waals surface area contributed by atoms with Gasteiger partial charge in [0.15, 0.2) is 0 Å². The molecule has 2 N–H and O–H groups in total. The van der Waals surface area contributed by atoms with Gasteiger partial charge in [-0.15, -0.1) is 0 Å². The molecule has 5 aliphatic rings. The third kappa shape index (κ3) is 8.43. The van der Waals surface area contributed by atoms with E-state index in [0.29, 0.717) is 37.1 Å². The van der Waals surface area contributed by atoms with Crippen LogP contribution in [0.15, 0.2) is 61.5 Å². The average Bonchev–Trinajstić information content (AvgIpc) is 3.89. The molecule has 0 aromatic carbocycles. The van der Waals surface area contributed by atoms with Crippen LogP contribution in [0.3, 0.4) is 0 Å². The smallest absolute Gasteiger partial charge is 0.399 e. The van der Waals surface area contributed by atoms with E-state index in [1.807, 2.05) is 22.2 Å². The van der Waals surface area contributed by atoms with E-state index in [-0.39, 0.29) is 30.1 Å². The minimum absolute atomic E-state index is 0.00183. The van der Waals surface area contributed by atoms with Gasteiger partial charge in [-0.1, -0.05) is 42.0 Å². The first kappa shape index (κ1) is 37.1. The van der Waals surface area contributed by atoms with Crippen LogP contribution in [0.4, 0.5) is 11.6 Å². The predicted octanol–water partition coefficient (Wildman–Crippen LogP) is 3.06. The number of allylic oxidation sites excluding steroid dienone is 2. The molecule has 4 aromatic rings. The van der Waals surface area contributed by atoms with E-state index in [1.165, 1.54) is 11.8 Å². The molecule has 7 heterocycles. The van der Waals surface area contributed by atoms with Crippen LogP contribution in [0.2, 0.25) is 5.15 Å². The summed E-state index contributed by atoms with van der Waals surface area (Å²) in [7, 11) is -0.318. The van der Waals surface area contributed by atoms with Crippen LogP contribution in [0, 0.1) is 0 Å². The molecule has 16 heteroatoms. The van der Waals surface area contributed by atoms with Crippen molar-refractivity contribution in [2.45, 2.75) is 51.7 Å². The summed E-state index contributed by atoms with van der Waals surface area (Å²) in [6.07, 6.45) is 20.5. The summed E-state index contributed by atoms with van der Waals surface area (Å²) >= 11 is 5.70. The van der Waals surface area contributed by atoms with Gasteiger partial charge in [0, 0.05) is 62.4 Å². The highest BCUT2D eigenvalue weighted by atomic mass is 35.5. The number of halogens is 1. The Balaban J connectivity index is 0.000000128. The molecule has 0 saturated carbocycles. The molecule has 3 saturated heterocycles. The van der Waals surface area contributed by atoms with Crippen LogP contribution < -0.4 is 25.9 Å². The lowest BCUT2D eigenvalue weighted by Gasteiger charge is -2.32. The maximum atomic E-state index is 11.5. The largest absolute Gasteiger partial charge is 0.496 e. The molecule has 54 heavy (non-hydrogen) atoms. The molecule has 9 rings (SSSR count). The van der Waals surface area contributed by atoms with E-state index < -0.39 is 0 Å². The molecule has 2 aliphatic carbocycles. The molecule has 3 aliphatic heterocycles.